The Morgan fingerprint density at radius 3 is 2.11 bits per heavy atom. The Bertz CT molecular complexity index is 849. The molecule has 0 aliphatic rings. The number of carbonyl (C=O) groups excluding carboxylic acids is 1. The van der Waals surface area contributed by atoms with Crippen LogP contribution >= 0.6 is 0 Å². The predicted octanol–water partition coefficient (Wildman–Crippen LogP) is 3.82. The van der Waals surface area contributed by atoms with Gasteiger partial charge in [0.05, 0.1) is 12.4 Å². The van der Waals surface area contributed by atoms with Gasteiger partial charge in [-0.25, -0.2) is 9.97 Å². The molecular weight excluding hydrogens is 336 g/mol. The molecule has 0 radical (unpaired) electrons. The summed E-state index contributed by atoms with van der Waals surface area (Å²) in [4.78, 5) is 23.3. The Labute approximate surface area is 160 Å². The van der Waals surface area contributed by atoms with Gasteiger partial charge >= 0.3 is 0 Å². The van der Waals surface area contributed by atoms with Crippen molar-refractivity contribution in [2.45, 2.75) is 33.0 Å². The summed E-state index contributed by atoms with van der Waals surface area (Å²) in [7, 11) is 0. The van der Waals surface area contributed by atoms with Gasteiger partial charge in [-0.15, -0.1) is 0 Å². The Morgan fingerprint density at radius 1 is 0.926 bits per heavy atom. The van der Waals surface area contributed by atoms with Crippen molar-refractivity contribution in [2.24, 2.45) is 0 Å². The van der Waals surface area contributed by atoms with Gasteiger partial charge in [-0.1, -0.05) is 60.7 Å². The van der Waals surface area contributed by atoms with Crippen LogP contribution in [0.1, 0.15) is 35.5 Å². The van der Waals surface area contributed by atoms with Crippen molar-refractivity contribution in [1.29, 1.82) is 0 Å². The molecule has 0 bridgehead atoms. The van der Waals surface area contributed by atoms with E-state index in [2.05, 4.69) is 46.2 Å². The fourth-order valence-corrected chi connectivity index (χ4v) is 2.76. The standard InChI is InChI=1S/C22H24N4O/c1-17(2)26(16-19-11-7-4-8-12-19)21-15-23-20(14-24-21)22(27)25-13-18-9-5-3-6-10-18/h3-12,14-15,17H,13,16H2,1-2H3,(H,25,27). The Hall–Kier alpha value is -3.21. The number of aromatic nitrogens is 2. The van der Waals surface area contributed by atoms with Crippen molar-refractivity contribution in [2.75, 3.05) is 4.90 Å². The van der Waals surface area contributed by atoms with Crippen molar-refractivity contribution in [1.82, 2.24) is 15.3 Å². The topological polar surface area (TPSA) is 58.1 Å². The maximum absolute atomic E-state index is 12.3. The van der Waals surface area contributed by atoms with Gasteiger partial charge < -0.3 is 10.2 Å². The predicted molar refractivity (Wildman–Crippen MR) is 107 cm³/mol. The van der Waals surface area contributed by atoms with E-state index >= 15 is 0 Å². The van der Waals surface area contributed by atoms with Crippen LogP contribution in [0, 0.1) is 0 Å². The summed E-state index contributed by atoms with van der Waals surface area (Å²) < 4.78 is 0. The average molecular weight is 360 g/mol. The van der Waals surface area contributed by atoms with E-state index in [0.29, 0.717) is 12.2 Å². The van der Waals surface area contributed by atoms with Crippen molar-refractivity contribution in [3.63, 3.8) is 0 Å². The molecule has 0 atom stereocenters. The molecule has 3 rings (SSSR count). The molecule has 2 aromatic carbocycles. The monoisotopic (exact) mass is 360 g/mol. The number of nitrogens with zero attached hydrogens (tertiary/aromatic N) is 3. The normalized spacial score (nSPS) is 10.6. The van der Waals surface area contributed by atoms with Gasteiger partial charge in [0.15, 0.2) is 0 Å². The molecule has 0 aliphatic heterocycles. The number of rotatable bonds is 7. The highest BCUT2D eigenvalue weighted by Gasteiger charge is 2.15. The van der Waals surface area contributed by atoms with Crippen molar-refractivity contribution >= 4 is 11.7 Å². The van der Waals surface area contributed by atoms with Crippen molar-refractivity contribution in [3.05, 3.63) is 89.9 Å². The summed E-state index contributed by atoms with van der Waals surface area (Å²) in [6, 6.07) is 20.3. The number of amides is 1. The second kappa shape index (κ2) is 8.94. The number of nitrogens with one attached hydrogen (secondary N) is 1. The first kappa shape index (κ1) is 18.6. The molecule has 27 heavy (non-hydrogen) atoms. The van der Waals surface area contributed by atoms with Crippen LogP contribution in [0.15, 0.2) is 73.1 Å². The molecule has 1 aromatic heterocycles. The van der Waals surface area contributed by atoms with Crippen LogP contribution in [0.4, 0.5) is 5.82 Å². The van der Waals surface area contributed by atoms with Gasteiger partial charge in [0.2, 0.25) is 0 Å². The molecule has 3 aromatic rings. The molecule has 138 valence electrons. The fourth-order valence-electron chi connectivity index (χ4n) is 2.76. The van der Waals surface area contributed by atoms with E-state index in [-0.39, 0.29) is 11.9 Å². The summed E-state index contributed by atoms with van der Waals surface area (Å²) >= 11 is 0. The molecule has 0 fully saturated rings. The summed E-state index contributed by atoms with van der Waals surface area (Å²) in [5.74, 6) is 0.533. The van der Waals surface area contributed by atoms with E-state index in [1.54, 1.807) is 6.20 Å². The van der Waals surface area contributed by atoms with E-state index < -0.39 is 0 Å². The van der Waals surface area contributed by atoms with Gasteiger partial charge in [0, 0.05) is 19.1 Å². The van der Waals surface area contributed by atoms with Gasteiger partial charge in [-0.2, -0.15) is 0 Å². The quantitative estimate of drug-likeness (QED) is 0.696. The zero-order valence-corrected chi connectivity index (χ0v) is 15.7. The molecule has 0 aliphatic carbocycles. The molecule has 5 nitrogen and oxygen atoms in total. The lowest BCUT2D eigenvalue weighted by Crippen LogP contribution is -2.31. The highest BCUT2D eigenvalue weighted by atomic mass is 16.1. The molecule has 5 heteroatoms. The molecule has 0 saturated carbocycles. The maximum atomic E-state index is 12.3. The molecule has 1 amide bonds. The number of hydrogen-bond donors (Lipinski definition) is 1. The van der Waals surface area contributed by atoms with E-state index in [0.717, 1.165) is 17.9 Å². The molecular formula is C22H24N4O. The largest absolute Gasteiger partial charge is 0.349 e. The third kappa shape index (κ3) is 5.14. The Morgan fingerprint density at radius 2 is 1.56 bits per heavy atom. The summed E-state index contributed by atoms with van der Waals surface area (Å²) in [5.41, 5.74) is 2.57. The number of benzene rings is 2. The van der Waals surface area contributed by atoms with E-state index in [4.69, 9.17) is 0 Å². The molecule has 0 unspecified atom stereocenters. The van der Waals surface area contributed by atoms with Crippen LogP contribution in [-0.4, -0.2) is 21.9 Å². The van der Waals surface area contributed by atoms with Crippen LogP contribution < -0.4 is 10.2 Å². The zero-order chi connectivity index (χ0) is 19.1. The SMILES string of the molecule is CC(C)N(Cc1ccccc1)c1cnc(C(=O)NCc2ccccc2)cn1. The first-order valence-corrected chi connectivity index (χ1v) is 9.08. The minimum atomic E-state index is -0.225. The number of hydrogen-bond acceptors (Lipinski definition) is 4. The maximum Gasteiger partial charge on any atom is 0.271 e. The molecule has 0 spiro atoms. The van der Waals surface area contributed by atoms with Crippen molar-refractivity contribution < 1.29 is 4.79 Å². The summed E-state index contributed by atoms with van der Waals surface area (Å²) in [6.07, 6.45) is 3.20. The van der Waals surface area contributed by atoms with Crippen molar-refractivity contribution in [3.8, 4) is 0 Å². The van der Waals surface area contributed by atoms with Gasteiger partial charge in [-0.05, 0) is 25.0 Å². The minimum absolute atomic E-state index is 0.225. The molecule has 1 heterocycles. The third-order valence-electron chi connectivity index (χ3n) is 4.28. The average Bonchev–Trinajstić information content (AvgIpc) is 2.72. The first-order valence-electron chi connectivity index (χ1n) is 9.08. The fraction of sp³-hybridized carbons (Fsp3) is 0.227. The Kier molecular flexibility index (Phi) is 6.15. The van der Waals surface area contributed by atoms with Crippen LogP contribution in [0.5, 0.6) is 0 Å². The molecule has 0 saturated heterocycles. The van der Waals surface area contributed by atoms with E-state index in [1.807, 2.05) is 48.5 Å². The van der Waals surface area contributed by atoms with Gasteiger partial charge in [-0.3, -0.25) is 4.79 Å². The minimum Gasteiger partial charge on any atom is -0.349 e. The van der Waals surface area contributed by atoms with Gasteiger partial charge in [0.1, 0.15) is 11.5 Å². The lowest BCUT2D eigenvalue weighted by atomic mass is 10.2. The lowest BCUT2D eigenvalue weighted by Gasteiger charge is -2.27. The van der Waals surface area contributed by atoms with Crippen LogP contribution in [0.2, 0.25) is 0 Å². The first-order chi connectivity index (χ1) is 13.1. The highest BCUT2D eigenvalue weighted by Crippen LogP contribution is 2.17. The lowest BCUT2D eigenvalue weighted by molar-refractivity contribution is 0.0945. The summed E-state index contributed by atoms with van der Waals surface area (Å²) in [6.45, 7) is 5.44. The smallest absolute Gasteiger partial charge is 0.271 e. The number of anilines is 1. The van der Waals surface area contributed by atoms with Crippen LogP contribution in [0.25, 0.3) is 0 Å². The molecule has 1 N–H and O–H groups in total. The Balaban J connectivity index is 1.66. The summed E-state index contributed by atoms with van der Waals surface area (Å²) in [5, 5.41) is 2.87. The highest BCUT2D eigenvalue weighted by molar-refractivity contribution is 5.91. The van der Waals surface area contributed by atoms with Crippen LogP contribution in [0.3, 0.4) is 0 Å². The van der Waals surface area contributed by atoms with Gasteiger partial charge in [0.25, 0.3) is 5.91 Å². The third-order valence-corrected chi connectivity index (χ3v) is 4.28. The zero-order valence-electron chi connectivity index (χ0n) is 15.7. The van der Waals surface area contributed by atoms with Crippen LogP contribution in [-0.2, 0) is 13.1 Å². The van der Waals surface area contributed by atoms with E-state index in [9.17, 15) is 4.79 Å². The second-order valence-corrected chi connectivity index (χ2v) is 6.64. The van der Waals surface area contributed by atoms with E-state index in [1.165, 1.54) is 11.8 Å². The number of carbonyl (C=O) groups is 1. The second-order valence-electron chi connectivity index (χ2n) is 6.64.